The summed E-state index contributed by atoms with van der Waals surface area (Å²) in [5.41, 5.74) is 2.42. The first-order valence-electron chi connectivity index (χ1n) is 9.60. The molecule has 5 nitrogen and oxygen atoms in total. The summed E-state index contributed by atoms with van der Waals surface area (Å²) in [6.45, 7) is 1.69. The van der Waals surface area contributed by atoms with Crippen LogP contribution in [0.15, 0.2) is 33.9 Å². The van der Waals surface area contributed by atoms with E-state index in [-0.39, 0.29) is 5.56 Å². The van der Waals surface area contributed by atoms with Gasteiger partial charge in [-0.15, -0.1) is 0 Å². The highest BCUT2D eigenvalue weighted by Gasteiger charge is 2.46. The van der Waals surface area contributed by atoms with Crippen LogP contribution in [-0.4, -0.2) is 16.8 Å². The molecule has 0 spiro atoms. The number of aryl methyl sites for hydroxylation is 1. The van der Waals surface area contributed by atoms with Gasteiger partial charge in [0, 0.05) is 17.4 Å². The fourth-order valence-electron chi connectivity index (χ4n) is 5.41. The number of hydrogen-bond donors (Lipinski definition) is 0. The standard InChI is InChI=1S/C21H21ClN2O3/c1-11-18(20(24-26-11)16-4-2-3-5-17(16)22)21(25)27-23-19-14-7-12-6-13(9-14)10-15(19)8-12/h2-5,12-15H,6-10H2,1H3. The van der Waals surface area contributed by atoms with Crippen molar-refractivity contribution in [3.05, 3.63) is 40.6 Å². The van der Waals surface area contributed by atoms with E-state index in [1.165, 1.54) is 32.1 Å². The lowest BCUT2D eigenvalue weighted by Gasteiger charge is -2.49. The molecule has 6 heteroatoms. The van der Waals surface area contributed by atoms with E-state index < -0.39 is 5.97 Å². The van der Waals surface area contributed by atoms with E-state index in [1.54, 1.807) is 19.1 Å². The second-order valence-corrected chi connectivity index (χ2v) is 8.55. The Balaban J connectivity index is 1.41. The van der Waals surface area contributed by atoms with Gasteiger partial charge in [0.2, 0.25) is 0 Å². The summed E-state index contributed by atoms with van der Waals surface area (Å²) in [5, 5.41) is 8.88. The molecule has 4 saturated carbocycles. The molecule has 4 aliphatic carbocycles. The minimum absolute atomic E-state index is 0.288. The van der Waals surface area contributed by atoms with Crippen LogP contribution < -0.4 is 0 Å². The summed E-state index contributed by atoms with van der Waals surface area (Å²) >= 11 is 6.26. The molecule has 1 aromatic heterocycles. The van der Waals surface area contributed by atoms with Gasteiger partial charge in [-0.05, 0) is 56.9 Å². The first kappa shape index (κ1) is 17.0. The third-order valence-electron chi connectivity index (χ3n) is 6.40. The van der Waals surface area contributed by atoms with Crippen LogP contribution in [0.2, 0.25) is 5.02 Å². The van der Waals surface area contributed by atoms with E-state index in [0.29, 0.717) is 33.9 Å². The first-order chi connectivity index (χ1) is 13.1. The smallest absolute Gasteiger partial charge is 0.360 e. The van der Waals surface area contributed by atoms with Gasteiger partial charge in [0.05, 0.1) is 10.7 Å². The molecule has 4 aliphatic rings. The largest absolute Gasteiger partial charge is 0.371 e. The van der Waals surface area contributed by atoms with Gasteiger partial charge in [0.25, 0.3) is 0 Å². The molecule has 1 heterocycles. The third kappa shape index (κ3) is 2.89. The van der Waals surface area contributed by atoms with Crippen LogP contribution in [-0.2, 0) is 4.84 Å². The topological polar surface area (TPSA) is 64.7 Å². The van der Waals surface area contributed by atoms with E-state index in [2.05, 4.69) is 10.3 Å². The van der Waals surface area contributed by atoms with Crippen LogP contribution in [0.4, 0.5) is 0 Å². The van der Waals surface area contributed by atoms with Crippen molar-refractivity contribution in [3.8, 4) is 11.3 Å². The maximum atomic E-state index is 12.8. The molecule has 0 unspecified atom stereocenters. The van der Waals surface area contributed by atoms with Gasteiger partial charge in [-0.2, -0.15) is 0 Å². The highest BCUT2D eigenvalue weighted by Crippen LogP contribution is 2.52. The molecule has 140 valence electrons. The van der Waals surface area contributed by atoms with E-state index in [0.717, 1.165) is 17.5 Å². The van der Waals surface area contributed by atoms with Crippen molar-refractivity contribution in [2.75, 3.05) is 0 Å². The minimum Gasteiger partial charge on any atom is -0.360 e. The Morgan fingerprint density at radius 1 is 1.15 bits per heavy atom. The molecular formula is C21H21ClN2O3. The number of carbonyl (C=O) groups excluding carboxylic acids is 1. The lowest BCUT2D eigenvalue weighted by atomic mass is 9.55. The fourth-order valence-corrected chi connectivity index (χ4v) is 5.63. The highest BCUT2D eigenvalue weighted by molar-refractivity contribution is 6.33. The molecule has 0 amide bonds. The van der Waals surface area contributed by atoms with Gasteiger partial charge in [-0.25, -0.2) is 4.79 Å². The molecule has 1 aromatic carbocycles. The second kappa shape index (κ2) is 6.48. The van der Waals surface area contributed by atoms with Crippen LogP contribution >= 0.6 is 11.6 Å². The molecule has 0 atom stereocenters. The molecule has 0 N–H and O–H groups in total. The van der Waals surface area contributed by atoms with E-state index >= 15 is 0 Å². The number of nitrogens with zero attached hydrogens (tertiary/aromatic N) is 2. The molecule has 2 aromatic rings. The number of carbonyl (C=O) groups is 1. The summed E-state index contributed by atoms with van der Waals surface area (Å²) in [5.74, 6) is 2.52. The number of hydrogen-bond acceptors (Lipinski definition) is 5. The minimum atomic E-state index is -0.537. The van der Waals surface area contributed by atoms with Crippen molar-refractivity contribution in [1.82, 2.24) is 5.16 Å². The molecule has 27 heavy (non-hydrogen) atoms. The summed E-state index contributed by atoms with van der Waals surface area (Å²) < 4.78 is 5.25. The number of benzene rings is 1. The van der Waals surface area contributed by atoms with Gasteiger partial charge in [0.15, 0.2) is 0 Å². The van der Waals surface area contributed by atoms with Crippen molar-refractivity contribution in [2.24, 2.45) is 28.8 Å². The Kier molecular flexibility index (Phi) is 4.08. The Bertz CT molecular complexity index is 903. The fraction of sp³-hybridized carbons (Fsp3) is 0.476. The number of oxime groups is 1. The molecule has 0 saturated heterocycles. The third-order valence-corrected chi connectivity index (χ3v) is 6.73. The number of aromatic nitrogens is 1. The summed E-state index contributed by atoms with van der Waals surface area (Å²) in [7, 11) is 0. The normalized spacial score (nSPS) is 28.4. The summed E-state index contributed by atoms with van der Waals surface area (Å²) in [6, 6.07) is 7.23. The summed E-state index contributed by atoms with van der Waals surface area (Å²) in [6.07, 6.45) is 6.16. The van der Waals surface area contributed by atoms with Crippen LogP contribution in [0, 0.1) is 30.6 Å². The van der Waals surface area contributed by atoms with Crippen molar-refractivity contribution >= 4 is 23.3 Å². The van der Waals surface area contributed by atoms with E-state index in [1.807, 2.05) is 12.1 Å². The van der Waals surface area contributed by atoms with Crippen molar-refractivity contribution in [1.29, 1.82) is 0 Å². The first-order valence-corrected chi connectivity index (χ1v) is 9.98. The molecule has 4 fully saturated rings. The monoisotopic (exact) mass is 384 g/mol. The van der Waals surface area contributed by atoms with Gasteiger partial charge in [-0.3, -0.25) is 0 Å². The Morgan fingerprint density at radius 2 is 1.81 bits per heavy atom. The van der Waals surface area contributed by atoms with Crippen molar-refractivity contribution in [2.45, 2.75) is 39.0 Å². The molecule has 0 radical (unpaired) electrons. The Labute approximate surface area is 162 Å². The van der Waals surface area contributed by atoms with E-state index in [4.69, 9.17) is 21.0 Å². The molecule has 6 rings (SSSR count). The second-order valence-electron chi connectivity index (χ2n) is 8.14. The predicted octanol–water partition coefficient (Wildman–Crippen LogP) is 5.27. The maximum absolute atomic E-state index is 12.8. The molecule has 4 bridgehead atoms. The SMILES string of the molecule is Cc1onc(-c2ccccc2Cl)c1C(=O)ON=C1C2CC3CC(C2)CC1C3. The summed E-state index contributed by atoms with van der Waals surface area (Å²) in [4.78, 5) is 18.2. The van der Waals surface area contributed by atoms with Crippen molar-refractivity contribution < 1.29 is 14.2 Å². The van der Waals surface area contributed by atoms with Gasteiger partial charge >= 0.3 is 5.97 Å². The van der Waals surface area contributed by atoms with Gasteiger partial charge < -0.3 is 9.36 Å². The highest BCUT2D eigenvalue weighted by atomic mass is 35.5. The zero-order valence-corrected chi connectivity index (χ0v) is 15.9. The van der Waals surface area contributed by atoms with Crippen LogP contribution in [0.1, 0.15) is 48.2 Å². The lowest BCUT2D eigenvalue weighted by Crippen LogP contribution is -2.45. The molecular weight excluding hydrogens is 364 g/mol. The maximum Gasteiger partial charge on any atom is 0.371 e. The van der Waals surface area contributed by atoms with Crippen molar-refractivity contribution in [3.63, 3.8) is 0 Å². The quantitative estimate of drug-likeness (QED) is 0.534. The van der Waals surface area contributed by atoms with E-state index in [9.17, 15) is 4.79 Å². The average molecular weight is 385 g/mol. The van der Waals surface area contributed by atoms with Gasteiger partial charge in [-0.1, -0.05) is 40.1 Å². The Hall–Kier alpha value is -2.14. The van der Waals surface area contributed by atoms with Crippen LogP contribution in [0.5, 0.6) is 0 Å². The number of rotatable bonds is 3. The number of halogens is 1. The van der Waals surface area contributed by atoms with Crippen LogP contribution in [0.3, 0.4) is 0 Å². The Morgan fingerprint density at radius 3 is 2.48 bits per heavy atom. The average Bonchev–Trinajstić information content (AvgIpc) is 3.02. The van der Waals surface area contributed by atoms with Gasteiger partial charge in [0.1, 0.15) is 17.0 Å². The predicted molar refractivity (Wildman–Crippen MR) is 102 cm³/mol. The lowest BCUT2D eigenvalue weighted by molar-refractivity contribution is 0.0482. The molecule has 0 aliphatic heterocycles. The zero-order chi connectivity index (χ0) is 18.5. The van der Waals surface area contributed by atoms with Crippen LogP contribution in [0.25, 0.3) is 11.3 Å². The zero-order valence-electron chi connectivity index (χ0n) is 15.2.